The summed E-state index contributed by atoms with van der Waals surface area (Å²) >= 11 is 7.94. The summed E-state index contributed by atoms with van der Waals surface area (Å²) in [7, 11) is 1.56. The fraction of sp³-hybridized carbons (Fsp3) is 0.444. The highest BCUT2D eigenvalue weighted by Crippen LogP contribution is 2.43. The fourth-order valence-corrected chi connectivity index (χ4v) is 4.32. The number of hydrogen-bond acceptors (Lipinski definition) is 6. The first-order valence-electron chi connectivity index (χ1n) is 8.41. The molecule has 138 valence electrons. The number of nitrogens with zero attached hydrogens (tertiary/aromatic N) is 1. The fourth-order valence-electron chi connectivity index (χ4n) is 2.95. The Morgan fingerprint density at radius 2 is 2.42 bits per heavy atom. The van der Waals surface area contributed by atoms with Gasteiger partial charge in [0.1, 0.15) is 5.76 Å². The minimum absolute atomic E-state index is 0.250. The number of thioether (sulfide) groups is 1. The number of nitrogens with one attached hydrogen (secondary N) is 2. The van der Waals surface area contributed by atoms with E-state index in [0.717, 1.165) is 17.0 Å². The van der Waals surface area contributed by atoms with Gasteiger partial charge >= 0.3 is 0 Å². The normalized spacial score (nSPS) is 22.4. The molecule has 0 fully saturated rings. The number of methoxy groups -OCH3 is 1. The molecule has 26 heavy (non-hydrogen) atoms. The van der Waals surface area contributed by atoms with E-state index in [4.69, 9.17) is 26.3 Å². The lowest BCUT2D eigenvalue weighted by molar-refractivity contribution is -0.117. The molecule has 0 bridgehead atoms. The van der Waals surface area contributed by atoms with Crippen molar-refractivity contribution in [3.8, 4) is 6.07 Å². The smallest absolute Gasteiger partial charge is 0.255 e. The Kier molecular flexibility index (Phi) is 6.30. The van der Waals surface area contributed by atoms with Crippen molar-refractivity contribution < 1.29 is 14.3 Å². The van der Waals surface area contributed by atoms with E-state index in [2.05, 4.69) is 16.7 Å². The third-order valence-corrected chi connectivity index (χ3v) is 5.60. The molecule has 0 atom stereocenters. The first-order valence-corrected chi connectivity index (χ1v) is 9.61. The highest BCUT2D eigenvalue weighted by molar-refractivity contribution is 8.07. The third-order valence-electron chi connectivity index (χ3n) is 4.19. The molecular weight excluding hydrogens is 374 g/mol. The predicted molar refractivity (Wildman–Crippen MR) is 101 cm³/mol. The summed E-state index contributed by atoms with van der Waals surface area (Å²) in [5.74, 6) is 0.280. The minimum Gasteiger partial charge on any atom is -0.496 e. The van der Waals surface area contributed by atoms with Crippen LogP contribution in [0, 0.1) is 11.3 Å². The van der Waals surface area contributed by atoms with E-state index in [1.165, 1.54) is 10.6 Å². The molecule has 1 aliphatic carbocycles. The summed E-state index contributed by atoms with van der Waals surface area (Å²) in [6.45, 7) is 1.75. The van der Waals surface area contributed by atoms with Crippen molar-refractivity contribution >= 4 is 29.3 Å². The molecule has 0 radical (unpaired) electrons. The highest BCUT2D eigenvalue weighted by Gasteiger charge is 2.30. The van der Waals surface area contributed by atoms with Gasteiger partial charge in [-0.15, -0.1) is 0 Å². The average Bonchev–Trinajstić information content (AvgIpc) is 3.08. The van der Waals surface area contributed by atoms with Crippen LogP contribution < -0.4 is 10.6 Å². The van der Waals surface area contributed by atoms with E-state index >= 15 is 0 Å². The van der Waals surface area contributed by atoms with Crippen molar-refractivity contribution in [3.05, 3.63) is 43.6 Å². The standard InChI is InChI=1S/C18H20ClN3O3S/c1-24-16-12(17(23)21-6-3-2-5-20)8-11(19)9-13(16)18-22-14-4-7-25-10-15(14)26-18/h8,22H,2-4,6-7,9-10H2,1H3,(H,21,23)/b18-13-. The van der Waals surface area contributed by atoms with Crippen molar-refractivity contribution in [3.63, 3.8) is 0 Å². The second kappa shape index (κ2) is 8.67. The van der Waals surface area contributed by atoms with Crippen molar-refractivity contribution in [2.24, 2.45) is 0 Å². The van der Waals surface area contributed by atoms with Crippen LogP contribution in [0.5, 0.6) is 0 Å². The number of ether oxygens (including phenoxy) is 2. The van der Waals surface area contributed by atoms with Crippen molar-refractivity contribution in [2.75, 3.05) is 26.9 Å². The Balaban J connectivity index is 1.84. The highest BCUT2D eigenvalue weighted by atomic mass is 35.5. The third kappa shape index (κ3) is 4.09. The summed E-state index contributed by atoms with van der Waals surface area (Å²) in [6.07, 6.45) is 4.02. The van der Waals surface area contributed by atoms with E-state index in [0.29, 0.717) is 55.4 Å². The quantitative estimate of drug-likeness (QED) is 0.698. The first-order chi connectivity index (χ1) is 12.6. The number of carbonyl (C=O) groups excluding carboxylic acids is 1. The van der Waals surface area contributed by atoms with Gasteiger partial charge in [-0.3, -0.25) is 4.79 Å². The zero-order valence-electron chi connectivity index (χ0n) is 14.5. The van der Waals surface area contributed by atoms with Crippen LogP contribution in [0.4, 0.5) is 0 Å². The Hall–Kier alpha value is -1.88. The van der Waals surface area contributed by atoms with Gasteiger partial charge in [0.15, 0.2) is 0 Å². The lowest BCUT2D eigenvalue weighted by Crippen LogP contribution is -2.28. The summed E-state index contributed by atoms with van der Waals surface area (Å²) in [6, 6.07) is 2.06. The van der Waals surface area contributed by atoms with Gasteiger partial charge in [-0.1, -0.05) is 23.4 Å². The van der Waals surface area contributed by atoms with E-state index in [9.17, 15) is 4.79 Å². The molecule has 0 saturated heterocycles. The van der Waals surface area contributed by atoms with Gasteiger partial charge in [0.05, 0.1) is 37.0 Å². The van der Waals surface area contributed by atoms with Gasteiger partial charge in [0, 0.05) is 47.0 Å². The number of allylic oxidation sites excluding steroid dienone is 2. The molecule has 0 aromatic rings. The predicted octanol–water partition coefficient (Wildman–Crippen LogP) is 3.01. The maximum absolute atomic E-state index is 12.6. The van der Waals surface area contributed by atoms with E-state index in [1.807, 2.05) is 0 Å². The minimum atomic E-state index is -0.250. The van der Waals surface area contributed by atoms with E-state index < -0.39 is 0 Å². The molecule has 2 heterocycles. The molecule has 0 aromatic carbocycles. The molecule has 8 heteroatoms. The Morgan fingerprint density at radius 3 is 3.15 bits per heavy atom. The molecule has 2 aliphatic heterocycles. The monoisotopic (exact) mass is 393 g/mol. The molecule has 6 nitrogen and oxygen atoms in total. The topological polar surface area (TPSA) is 83.4 Å². The lowest BCUT2D eigenvalue weighted by atomic mass is 9.99. The molecule has 3 rings (SSSR count). The van der Waals surface area contributed by atoms with E-state index in [1.54, 1.807) is 24.9 Å². The number of rotatable bonds is 5. The van der Waals surface area contributed by atoms with Gasteiger partial charge in [-0.25, -0.2) is 0 Å². The van der Waals surface area contributed by atoms with Gasteiger partial charge in [0.2, 0.25) is 0 Å². The van der Waals surface area contributed by atoms with Crippen molar-refractivity contribution in [1.29, 1.82) is 5.26 Å². The number of hydrogen-bond donors (Lipinski definition) is 2. The van der Waals surface area contributed by atoms with Crippen LogP contribution in [-0.2, 0) is 14.3 Å². The van der Waals surface area contributed by atoms with Gasteiger partial charge in [-0.05, 0) is 12.5 Å². The molecular formula is C18H20ClN3O3S. The van der Waals surface area contributed by atoms with Crippen LogP contribution in [0.1, 0.15) is 25.7 Å². The second-order valence-corrected chi connectivity index (χ2v) is 7.56. The summed E-state index contributed by atoms with van der Waals surface area (Å²) in [4.78, 5) is 13.7. The Morgan fingerprint density at radius 1 is 1.58 bits per heavy atom. The molecule has 0 unspecified atom stereocenters. The number of unbranched alkanes of at least 4 members (excludes halogenated alkanes) is 1. The summed E-state index contributed by atoms with van der Waals surface area (Å²) in [5.41, 5.74) is 2.46. The molecule has 0 spiro atoms. The zero-order chi connectivity index (χ0) is 18.5. The molecule has 1 amide bonds. The second-order valence-electron chi connectivity index (χ2n) is 5.97. The number of nitriles is 1. The van der Waals surface area contributed by atoms with Gasteiger partial charge in [-0.2, -0.15) is 5.26 Å². The van der Waals surface area contributed by atoms with Gasteiger partial charge in [0.25, 0.3) is 5.91 Å². The number of halogens is 1. The average molecular weight is 394 g/mol. The molecule has 3 aliphatic rings. The van der Waals surface area contributed by atoms with Crippen LogP contribution >= 0.6 is 23.4 Å². The number of carbonyl (C=O) groups is 1. The first kappa shape index (κ1) is 18.9. The molecule has 0 aromatic heterocycles. The largest absolute Gasteiger partial charge is 0.496 e. The maximum Gasteiger partial charge on any atom is 0.255 e. The van der Waals surface area contributed by atoms with Crippen LogP contribution in [0.25, 0.3) is 0 Å². The van der Waals surface area contributed by atoms with E-state index in [-0.39, 0.29) is 5.91 Å². The Labute approximate surface area is 161 Å². The summed E-state index contributed by atoms with van der Waals surface area (Å²) in [5, 5.41) is 16.4. The number of amides is 1. The van der Waals surface area contributed by atoms with Crippen LogP contribution in [0.2, 0.25) is 0 Å². The Bertz CT molecular complexity index is 757. The van der Waals surface area contributed by atoms with Gasteiger partial charge < -0.3 is 20.1 Å². The van der Waals surface area contributed by atoms with Crippen molar-refractivity contribution in [2.45, 2.75) is 25.7 Å². The summed E-state index contributed by atoms with van der Waals surface area (Å²) < 4.78 is 11.1. The molecule has 2 N–H and O–H groups in total. The maximum atomic E-state index is 12.6. The van der Waals surface area contributed by atoms with Crippen LogP contribution in [-0.4, -0.2) is 32.8 Å². The zero-order valence-corrected chi connectivity index (χ0v) is 16.1. The molecule has 0 saturated carbocycles. The van der Waals surface area contributed by atoms with Crippen LogP contribution in [0.15, 0.2) is 43.6 Å². The van der Waals surface area contributed by atoms with Crippen molar-refractivity contribution in [1.82, 2.24) is 10.6 Å². The lowest BCUT2D eigenvalue weighted by Gasteiger charge is -2.21. The van der Waals surface area contributed by atoms with Crippen LogP contribution in [0.3, 0.4) is 0 Å². The SMILES string of the molecule is COC1=C(C(=O)NCCCC#N)C=C(Cl)C/C1=C1\NC2=C(COCC2)S1.